The van der Waals surface area contributed by atoms with Crippen molar-refractivity contribution in [3.05, 3.63) is 29.6 Å². The van der Waals surface area contributed by atoms with Gasteiger partial charge in [0, 0.05) is 55.5 Å². The number of rotatable bonds is 4. The molecule has 4 aliphatic rings. The van der Waals surface area contributed by atoms with Crippen LogP contribution >= 0.6 is 0 Å². The predicted octanol–water partition coefficient (Wildman–Crippen LogP) is 4.06. The molecular formula is C27H35N5O4. The summed E-state index contributed by atoms with van der Waals surface area (Å²) in [7, 11) is 0. The Morgan fingerprint density at radius 1 is 1.19 bits per heavy atom. The molecule has 5 heterocycles. The van der Waals surface area contributed by atoms with Crippen LogP contribution in [0.25, 0.3) is 11.4 Å². The van der Waals surface area contributed by atoms with Crippen molar-refractivity contribution in [2.45, 2.75) is 76.5 Å². The van der Waals surface area contributed by atoms with Crippen molar-refractivity contribution in [3.8, 4) is 17.1 Å². The van der Waals surface area contributed by atoms with E-state index in [0.717, 1.165) is 60.5 Å². The number of hydrogen-bond acceptors (Lipinski definition) is 6. The minimum atomic E-state index is -0.556. The van der Waals surface area contributed by atoms with Gasteiger partial charge in [-0.25, -0.2) is 4.79 Å². The van der Waals surface area contributed by atoms with Crippen LogP contribution in [0.15, 0.2) is 18.3 Å². The molecule has 9 nitrogen and oxygen atoms in total. The van der Waals surface area contributed by atoms with Gasteiger partial charge in [-0.05, 0) is 64.5 Å². The topological polar surface area (TPSA) is 89.8 Å². The van der Waals surface area contributed by atoms with E-state index in [1.54, 1.807) is 6.20 Å². The molecule has 1 spiro atoms. The lowest BCUT2D eigenvalue weighted by Gasteiger charge is -2.44. The van der Waals surface area contributed by atoms with Crippen molar-refractivity contribution in [1.82, 2.24) is 24.6 Å². The molecule has 9 heteroatoms. The average molecular weight is 494 g/mol. The lowest BCUT2D eigenvalue weighted by atomic mass is 9.80. The number of pyridine rings is 1. The SMILES string of the molecule is Cc1c2c(nn1[C@@H]1CCN(C=O)C(C)(C)C1)-c1ncccc1OC21CCN(C(=O)OCC2CC2)CC1. The summed E-state index contributed by atoms with van der Waals surface area (Å²) in [5.41, 5.74) is 3.05. The van der Waals surface area contributed by atoms with E-state index in [0.29, 0.717) is 45.0 Å². The zero-order chi connectivity index (χ0) is 25.1. The Morgan fingerprint density at radius 2 is 1.97 bits per heavy atom. The van der Waals surface area contributed by atoms with Crippen molar-refractivity contribution < 1.29 is 19.1 Å². The van der Waals surface area contributed by atoms with Gasteiger partial charge >= 0.3 is 6.09 Å². The molecule has 36 heavy (non-hydrogen) atoms. The standard InChI is InChI=1S/C27H35N5O4/c1-18-22-24(29-32(18)20-8-12-31(17-33)26(2,3)15-20)23-21(5-4-11-28-23)36-27(22)9-13-30(14-10-27)25(34)35-16-19-6-7-19/h4-5,11,17,19-20H,6-10,12-16H2,1-3H3/t20-/m1/s1. The fraction of sp³-hybridized carbons (Fsp3) is 0.630. The van der Waals surface area contributed by atoms with Gasteiger partial charge in [0.2, 0.25) is 6.41 Å². The zero-order valence-corrected chi connectivity index (χ0v) is 21.4. The molecule has 3 aliphatic heterocycles. The summed E-state index contributed by atoms with van der Waals surface area (Å²) < 4.78 is 14.4. The number of likely N-dealkylation sites (tertiary alicyclic amines) is 2. The molecule has 0 aromatic carbocycles. The molecular weight excluding hydrogens is 458 g/mol. The van der Waals surface area contributed by atoms with Crippen LogP contribution in [0.4, 0.5) is 4.79 Å². The lowest BCUT2D eigenvalue weighted by Crippen LogP contribution is -2.50. The molecule has 1 atom stereocenters. The number of amides is 2. The van der Waals surface area contributed by atoms with E-state index in [-0.39, 0.29) is 17.7 Å². The first kappa shape index (κ1) is 23.3. The minimum absolute atomic E-state index is 0.184. The van der Waals surface area contributed by atoms with Crippen molar-refractivity contribution in [2.24, 2.45) is 5.92 Å². The number of carbonyl (C=O) groups is 2. The van der Waals surface area contributed by atoms with Crippen LogP contribution in [-0.4, -0.2) is 68.8 Å². The molecule has 3 fully saturated rings. The highest BCUT2D eigenvalue weighted by molar-refractivity contribution is 5.71. The van der Waals surface area contributed by atoms with Gasteiger partial charge in [-0.15, -0.1) is 0 Å². The van der Waals surface area contributed by atoms with Gasteiger partial charge in [-0.2, -0.15) is 5.10 Å². The van der Waals surface area contributed by atoms with Crippen molar-refractivity contribution in [1.29, 1.82) is 0 Å². The first-order valence-electron chi connectivity index (χ1n) is 13.2. The molecule has 1 aliphatic carbocycles. The third-order valence-electron chi connectivity index (χ3n) is 8.56. The Morgan fingerprint density at radius 3 is 2.67 bits per heavy atom. The Balaban J connectivity index is 1.31. The number of hydrogen-bond donors (Lipinski definition) is 0. The van der Waals surface area contributed by atoms with Gasteiger partial charge in [0.25, 0.3) is 0 Å². The Labute approximate surface area is 211 Å². The number of nitrogens with zero attached hydrogens (tertiary/aromatic N) is 5. The predicted molar refractivity (Wildman–Crippen MR) is 132 cm³/mol. The highest BCUT2D eigenvalue weighted by Gasteiger charge is 2.49. The molecule has 6 rings (SSSR count). The largest absolute Gasteiger partial charge is 0.480 e. The Hall–Kier alpha value is -3.10. The monoisotopic (exact) mass is 493 g/mol. The van der Waals surface area contributed by atoms with E-state index in [4.69, 9.17) is 14.6 Å². The summed E-state index contributed by atoms with van der Waals surface area (Å²) in [5.74, 6) is 1.30. The Bertz CT molecular complexity index is 1180. The summed E-state index contributed by atoms with van der Waals surface area (Å²) in [6.07, 6.45) is 7.88. The number of ether oxygens (including phenoxy) is 2. The third kappa shape index (κ3) is 3.83. The van der Waals surface area contributed by atoms with Crippen LogP contribution in [0.5, 0.6) is 5.75 Å². The molecule has 2 aromatic heterocycles. The van der Waals surface area contributed by atoms with Gasteiger partial charge < -0.3 is 19.3 Å². The van der Waals surface area contributed by atoms with Gasteiger partial charge in [-0.1, -0.05) is 0 Å². The maximum atomic E-state index is 12.6. The van der Waals surface area contributed by atoms with Gasteiger partial charge in [0.15, 0.2) is 0 Å². The molecule has 0 N–H and O–H groups in total. The van der Waals surface area contributed by atoms with Crippen LogP contribution in [0, 0.1) is 12.8 Å². The molecule has 2 aromatic rings. The van der Waals surface area contributed by atoms with Crippen LogP contribution < -0.4 is 4.74 Å². The van der Waals surface area contributed by atoms with Crippen molar-refractivity contribution >= 4 is 12.5 Å². The molecule has 2 saturated heterocycles. The molecule has 1 saturated carbocycles. The van der Waals surface area contributed by atoms with Crippen LogP contribution in [-0.2, 0) is 15.1 Å². The van der Waals surface area contributed by atoms with E-state index < -0.39 is 5.60 Å². The Kier molecular flexibility index (Phi) is 5.50. The van der Waals surface area contributed by atoms with Gasteiger partial charge in [0.1, 0.15) is 22.7 Å². The first-order chi connectivity index (χ1) is 17.3. The minimum Gasteiger partial charge on any atom is -0.480 e. The summed E-state index contributed by atoms with van der Waals surface area (Å²) >= 11 is 0. The van der Waals surface area contributed by atoms with Gasteiger partial charge in [-0.3, -0.25) is 14.5 Å². The number of fused-ring (bicyclic) bond motifs is 4. The third-order valence-corrected chi connectivity index (χ3v) is 8.56. The second kappa shape index (κ2) is 8.49. The summed E-state index contributed by atoms with van der Waals surface area (Å²) in [5, 5.41) is 5.15. The van der Waals surface area contributed by atoms with E-state index in [1.165, 1.54) is 0 Å². The number of piperidine rings is 2. The smallest absolute Gasteiger partial charge is 0.409 e. The van der Waals surface area contributed by atoms with Crippen LogP contribution in [0.1, 0.15) is 69.7 Å². The highest BCUT2D eigenvalue weighted by atomic mass is 16.6. The second-order valence-corrected chi connectivity index (χ2v) is 11.5. The summed E-state index contributed by atoms with van der Waals surface area (Å²) in [6.45, 7) is 8.75. The van der Waals surface area contributed by atoms with Crippen molar-refractivity contribution in [3.63, 3.8) is 0 Å². The van der Waals surface area contributed by atoms with Gasteiger partial charge in [0.05, 0.1) is 12.6 Å². The zero-order valence-electron chi connectivity index (χ0n) is 21.4. The molecule has 0 radical (unpaired) electrons. The van der Waals surface area contributed by atoms with E-state index >= 15 is 0 Å². The van der Waals surface area contributed by atoms with Crippen molar-refractivity contribution in [2.75, 3.05) is 26.2 Å². The fourth-order valence-electron chi connectivity index (χ4n) is 6.26. The highest BCUT2D eigenvalue weighted by Crippen LogP contribution is 2.50. The second-order valence-electron chi connectivity index (χ2n) is 11.5. The molecule has 0 unspecified atom stereocenters. The molecule has 2 amide bonds. The van der Waals surface area contributed by atoms with E-state index in [1.807, 2.05) is 21.9 Å². The van der Waals surface area contributed by atoms with Crippen LogP contribution in [0.2, 0.25) is 0 Å². The molecule has 192 valence electrons. The first-order valence-corrected chi connectivity index (χ1v) is 13.2. The van der Waals surface area contributed by atoms with E-state index in [2.05, 4.69) is 30.4 Å². The molecule has 0 bridgehead atoms. The quantitative estimate of drug-likeness (QED) is 0.597. The number of aromatic nitrogens is 3. The average Bonchev–Trinajstić information content (AvgIpc) is 3.63. The van der Waals surface area contributed by atoms with Crippen LogP contribution in [0.3, 0.4) is 0 Å². The maximum Gasteiger partial charge on any atom is 0.409 e. The normalized spacial score (nSPS) is 24.0. The fourth-order valence-corrected chi connectivity index (χ4v) is 6.26. The summed E-state index contributed by atoms with van der Waals surface area (Å²) in [4.78, 5) is 32.6. The number of carbonyl (C=O) groups excluding carboxylic acids is 2. The lowest BCUT2D eigenvalue weighted by molar-refractivity contribution is -0.125. The summed E-state index contributed by atoms with van der Waals surface area (Å²) in [6, 6.07) is 4.04. The van der Waals surface area contributed by atoms with E-state index in [9.17, 15) is 9.59 Å². The maximum absolute atomic E-state index is 12.6.